The average Bonchev–Trinajstić information content (AvgIpc) is 1.87. The second-order valence-corrected chi connectivity index (χ2v) is 4.02. The van der Waals surface area contributed by atoms with Gasteiger partial charge in [0.2, 0.25) is 0 Å². The van der Waals surface area contributed by atoms with Crippen LogP contribution in [0.2, 0.25) is 0 Å². The summed E-state index contributed by atoms with van der Waals surface area (Å²) in [6.07, 6.45) is 1.81. The zero-order valence-corrected chi connectivity index (χ0v) is 10.1. The van der Waals surface area contributed by atoms with E-state index in [4.69, 9.17) is 0 Å². The van der Waals surface area contributed by atoms with Crippen molar-refractivity contribution in [3.8, 4) is 0 Å². The van der Waals surface area contributed by atoms with Crippen molar-refractivity contribution in [2.45, 2.75) is 0 Å². The van der Waals surface area contributed by atoms with Gasteiger partial charge >= 0.3 is 55.6 Å². The third-order valence-electron chi connectivity index (χ3n) is 0.665. The first-order chi connectivity index (χ1) is 5.13. The molecule has 0 N–H and O–H groups in total. The van der Waals surface area contributed by atoms with Gasteiger partial charge in [0.1, 0.15) is 0 Å². The Balaban J connectivity index is 0.000000218. The first-order valence-corrected chi connectivity index (χ1v) is 4.79. The number of pyridine rings is 1. The van der Waals surface area contributed by atoms with Crippen molar-refractivity contribution >= 4 is 26.2 Å². The molecule has 1 aromatic heterocycles. The van der Waals surface area contributed by atoms with Crippen LogP contribution in [0.4, 0.5) is 0 Å². The van der Waals surface area contributed by atoms with Crippen molar-refractivity contribution in [3.05, 3.63) is 24.4 Å². The summed E-state index contributed by atoms with van der Waals surface area (Å²) in [7, 11) is 6.00. The Kier molecular flexibility index (Phi) is 6.55. The zero-order chi connectivity index (χ0) is 8.69. The quantitative estimate of drug-likeness (QED) is 0.610. The van der Waals surface area contributed by atoms with Crippen LogP contribution in [0.5, 0.6) is 0 Å². The van der Waals surface area contributed by atoms with Crippen LogP contribution in [0.25, 0.3) is 0 Å². The molecule has 3 heteroatoms. The van der Waals surface area contributed by atoms with E-state index in [0.717, 1.165) is 3.71 Å². The van der Waals surface area contributed by atoms with Gasteiger partial charge in [0.05, 0.1) is 0 Å². The second-order valence-electron chi connectivity index (χ2n) is 2.56. The molecule has 0 saturated heterocycles. The van der Waals surface area contributed by atoms with Crippen molar-refractivity contribution in [2.75, 3.05) is 21.1 Å². The van der Waals surface area contributed by atoms with Gasteiger partial charge in [0, 0.05) is 0 Å². The fourth-order valence-corrected chi connectivity index (χ4v) is 0.850. The van der Waals surface area contributed by atoms with Crippen LogP contribution in [0.3, 0.4) is 0 Å². The third kappa shape index (κ3) is 9.91. The standard InChI is InChI=1S/C5H4N.C3H9N.Sn/c1-2-4-6-5-3-1;1-4(2)3;/h1-4H;1-3H3;/q;;+3. The zero-order valence-electron chi connectivity index (χ0n) is 7.20. The van der Waals surface area contributed by atoms with E-state index < -0.39 is 0 Å². The van der Waals surface area contributed by atoms with E-state index >= 15 is 0 Å². The minimum atomic E-state index is 1.16. The molecule has 0 atom stereocenters. The molecule has 0 aliphatic heterocycles. The molecular weight excluding hydrogens is 243 g/mol. The van der Waals surface area contributed by atoms with Gasteiger partial charge in [-0.3, -0.25) is 0 Å². The molecule has 56 valence electrons. The first-order valence-electron chi connectivity index (χ1n) is 3.36. The Bertz CT molecular complexity index is 172. The van der Waals surface area contributed by atoms with Crippen LogP contribution in [0.1, 0.15) is 0 Å². The molecule has 0 aromatic carbocycles. The van der Waals surface area contributed by atoms with Crippen LogP contribution in [-0.4, -0.2) is 53.6 Å². The maximum absolute atomic E-state index is 4.02. The molecule has 0 fully saturated rings. The van der Waals surface area contributed by atoms with E-state index in [1.54, 1.807) is 0 Å². The summed E-state index contributed by atoms with van der Waals surface area (Å²) in [6, 6.07) is 5.93. The predicted octanol–water partition coefficient (Wildman–Crippen LogP) is 0.0532. The van der Waals surface area contributed by atoms with Crippen molar-refractivity contribution in [3.63, 3.8) is 0 Å². The SMILES string of the molecule is CN(C)C.[Sn+3][c]1ccccn1. The van der Waals surface area contributed by atoms with Crippen LogP contribution in [0.15, 0.2) is 24.4 Å². The van der Waals surface area contributed by atoms with Gasteiger partial charge < -0.3 is 4.90 Å². The van der Waals surface area contributed by atoms with Gasteiger partial charge in [-0.2, -0.15) is 0 Å². The molecular formula is C8H13N2Sn+3. The summed E-state index contributed by atoms with van der Waals surface area (Å²) in [6.45, 7) is 0. The van der Waals surface area contributed by atoms with E-state index in [2.05, 4.69) is 4.98 Å². The molecule has 0 aliphatic carbocycles. The number of hydrogen-bond acceptors (Lipinski definition) is 2. The topological polar surface area (TPSA) is 16.1 Å². The number of rotatable bonds is 0. The summed E-state index contributed by atoms with van der Waals surface area (Å²) in [4.78, 5) is 6.02. The van der Waals surface area contributed by atoms with Crippen molar-refractivity contribution in [1.29, 1.82) is 0 Å². The number of nitrogens with zero attached hydrogens (tertiary/aromatic N) is 2. The maximum atomic E-state index is 4.02. The Hall–Kier alpha value is -0.0913. The summed E-state index contributed by atoms with van der Waals surface area (Å²) in [5, 5.41) is 0. The Morgan fingerprint density at radius 1 is 1.27 bits per heavy atom. The van der Waals surface area contributed by atoms with Crippen molar-refractivity contribution in [1.82, 2.24) is 9.88 Å². The summed E-state index contributed by atoms with van der Waals surface area (Å²) >= 11 is 1.38. The molecule has 0 unspecified atom stereocenters. The summed E-state index contributed by atoms with van der Waals surface area (Å²) in [5.74, 6) is 0. The van der Waals surface area contributed by atoms with E-state index in [1.807, 2.05) is 50.4 Å². The van der Waals surface area contributed by atoms with Crippen LogP contribution >= 0.6 is 0 Å². The molecule has 0 aliphatic rings. The van der Waals surface area contributed by atoms with Crippen molar-refractivity contribution < 1.29 is 0 Å². The Morgan fingerprint density at radius 2 is 1.82 bits per heavy atom. The van der Waals surface area contributed by atoms with Gasteiger partial charge in [0.15, 0.2) is 0 Å². The summed E-state index contributed by atoms with van der Waals surface area (Å²) < 4.78 is 1.16. The second kappa shape index (κ2) is 6.61. The monoisotopic (exact) mass is 257 g/mol. The normalized spacial score (nSPS) is 8.91. The number of hydrogen-bond donors (Lipinski definition) is 0. The van der Waals surface area contributed by atoms with Crippen molar-refractivity contribution in [2.24, 2.45) is 0 Å². The van der Waals surface area contributed by atoms with E-state index in [1.165, 1.54) is 22.5 Å². The van der Waals surface area contributed by atoms with E-state index in [9.17, 15) is 0 Å². The van der Waals surface area contributed by atoms with Crippen LogP contribution in [0, 0.1) is 0 Å². The molecule has 0 bridgehead atoms. The Morgan fingerprint density at radius 3 is 2.00 bits per heavy atom. The molecule has 0 radical (unpaired) electrons. The first kappa shape index (κ1) is 10.9. The molecule has 1 heterocycles. The van der Waals surface area contributed by atoms with E-state index in [-0.39, 0.29) is 0 Å². The van der Waals surface area contributed by atoms with Gasteiger partial charge in [-0.1, -0.05) is 0 Å². The third-order valence-corrected chi connectivity index (χ3v) is 1.51. The van der Waals surface area contributed by atoms with Gasteiger partial charge in [-0.25, -0.2) is 0 Å². The number of aromatic nitrogens is 1. The van der Waals surface area contributed by atoms with Gasteiger partial charge in [-0.05, 0) is 21.1 Å². The summed E-state index contributed by atoms with van der Waals surface area (Å²) in [5.41, 5.74) is 0. The fourth-order valence-electron chi connectivity index (χ4n) is 0.363. The molecule has 11 heavy (non-hydrogen) atoms. The fraction of sp³-hybridized carbons (Fsp3) is 0.375. The molecule has 1 rings (SSSR count). The van der Waals surface area contributed by atoms with E-state index in [0.29, 0.717) is 0 Å². The molecule has 2 nitrogen and oxygen atoms in total. The average molecular weight is 256 g/mol. The van der Waals surface area contributed by atoms with Gasteiger partial charge in [0.25, 0.3) is 0 Å². The van der Waals surface area contributed by atoms with Crippen LogP contribution < -0.4 is 3.71 Å². The predicted molar refractivity (Wildman–Crippen MR) is 49.2 cm³/mol. The molecule has 0 saturated carbocycles. The Labute approximate surface area is 81.7 Å². The molecule has 0 amide bonds. The molecule has 0 spiro atoms. The van der Waals surface area contributed by atoms with Crippen LogP contribution in [-0.2, 0) is 0 Å². The minimum absolute atomic E-state index is 1.16. The molecule has 1 aromatic rings. The van der Waals surface area contributed by atoms with Gasteiger partial charge in [-0.15, -0.1) is 0 Å².